The van der Waals surface area contributed by atoms with Crippen LogP contribution in [0, 0.1) is 12.2 Å². The third kappa shape index (κ3) is 2.94. The Hall–Kier alpha value is -2.17. The topological polar surface area (TPSA) is 44.2 Å². The fraction of sp³-hybridized carbons (Fsp3) is 0.154. The van der Waals surface area contributed by atoms with Crippen LogP contribution in [0.4, 0.5) is 4.39 Å². The van der Waals surface area contributed by atoms with Crippen LogP contribution >= 0.6 is 0 Å². The average molecular weight is 247 g/mol. The molecule has 0 unspecified atom stereocenters. The van der Waals surface area contributed by atoms with E-state index in [1.54, 1.807) is 26.7 Å². The quantitative estimate of drug-likeness (QED) is 0.831. The molecule has 0 aliphatic heterocycles. The number of benzene rings is 1. The first-order valence-corrected chi connectivity index (χ1v) is 5.26. The maximum absolute atomic E-state index is 12.7. The third-order valence-corrected chi connectivity index (χ3v) is 2.31. The van der Waals surface area contributed by atoms with E-state index in [0.29, 0.717) is 17.3 Å². The second kappa shape index (κ2) is 5.44. The summed E-state index contributed by atoms with van der Waals surface area (Å²) in [6, 6.07) is 5.40. The van der Waals surface area contributed by atoms with E-state index in [9.17, 15) is 4.39 Å². The number of ether oxygens (including phenoxy) is 2. The highest BCUT2D eigenvalue weighted by Crippen LogP contribution is 2.24. The Kier molecular flexibility index (Phi) is 3.72. The van der Waals surface area contributed by atoms with Crippen LogP contribution in [0.3, 0.4) is 0 Å². The zero-order valence-corrected chi connectivity index (χ0v) is 10.1. The lowest BCUT2D eigenvalue weighted by Gasteiger charge is -2.07. The summed E-state index contributed by atoms with van der Waals surface area (Å²) >= 11 is 0. The van der Waals surface area contributed by atoms with Gasteiger partial charge in [0.1, 0.15) is 17.3 Å². The van der Waals surface area contributed by atoms with Crippen molar-refractivity contribution in [1.29, 1.82) is 0 Å². The Morgan fingerprint density at radius 1 is 1.00 bits per heavy atom. The van der Waals surface area contributed by atoms with Gasteiger partial charge in [0.05, 0.1) is 33.0 Å². The molecular formula is C13H12FN2O2. The molecule has 2 rings (SSSR count). The summed E-state index contributed by atoms with van der Waals surface area (Å²) in [6.45, 7) is 0. The first-order chi connectivity index (χ1) is 8.71. The molecule has 0 saturated carbocycles. The van der Waals surface area contributed by atoms with Crippen molar-refractivity contribution >= 4 is 0 Å². The molecule has 4 nitrogen and oxygen atoms in total. The monoisotopic (exact) mass is 247 g/mol. The summed E-state index contributed by atoms with van der Waals surface area (Å²) < 4.78 is 23.0. The zero-order chi connectivity index (χ0) is 13.0. The van der Waals surface area contributed by atoms with Crippen molar-refractivity contribution in [3.05, 3.63) is 54.2 Å². The van der Waals surface area contributed by atoms with E-state index in [4.69, 9.17) is 9.47 Å². The van der Waals surface area contributed by atoms with Gasteiger partial charge < -0.3 is 9.47 Å². The molecule has 1 heterocycles. The van der Waals surface area contributed by atoms with Gasteiger partial charge in [-0.15, -0.1) is 0 Å². The predicted octanol–water partition coefficient (Wildman–Crippen LogP) is 2.23. The van der Waals surface area contributed by atoms with Gasteiger partial charge in [0.25, 0.3) is 0 Å². The molecule has 0 bridgehead atoms. The number of rotatable bonds is 4. The lowest BCUT2D eigenvalue weighted by atomic mass is 10.1. The van der Waals surface area contributed by atoms with Crippen LogP contribution in [0.2, 0.25) is 0 Å². The Labute approximate surface area is 104 Å². The molecule has 0 amide bonds. The normalized spacial score (nSPS) is 10.2. The van der Waals surface area contributed by atoms with Crippen LogP contribution in [0.25, 0.3) is 0 Å². The van der Waals surface area contributed by atoms with Crippen molar-refractivity contribution in [2.24, 2.45) is 0 Å². The number of nitrogens with zero attached hydrogens (tertiary/aromatic N) is 2. The van der Waals surface area contributed by atoms with Crippen LogP contribution in [0.1, 0.15) is 11.4 Å². The van der Waals surface area contributed by atoms with Gasteiger partial charge in [-0.1, -0.05) is 0 Å². The molecule has 0 spiro atoms. The van der Waals surface area contributed by atoms with E-state index < -0.39 is 5.82 Å². The molecule has 1 aromatic carbocycles. The Morgan fingerprint density at radius 3 is 2.06 bits per heavy atom. The minimum Gasteiger partial charge on any atom is -0.497 e. The number of hydrogen-bond acceptors (Lipinski definition) is 4. The second-order valence-electron chi connectivity index (χ2n) is 3.55. The van der Waals surface area contributed by atoms with Gasteiger partial charge in [-0.05, 0) is 17.7 Å². The molecule has 1 aromatic heterocycles. The lowest BCUT2D eigenvalue weighted by Crippen LogP contribution is -1.96. The Bertz CT molecular complexity index is 507. The van der Waals surface area contributed by atoms with Gasteiger partial charge in [0, 0.05) is 6.07 Å². The van der Waals surface area contributed by atoms with Gasteiger partial charge in [0.15, 0.2) is 5.82 Å². The minimum absolute atomic E-state index is 0.423. The zero-order valence-electron chi connectivity index (χ0n) is 10.1. The van der Waals surface area contributed by atoms with E-state index in [0.717, 1.165) is 18.0 Å². The standard InChI is InChI=1S/C13H12FN2O2/c1-17-11-3-9(4-12(6-11)18-2)5-13-15-7-10(14)8-16-13/h3-8H,1-2H3. The fourth-order valence-corrected chi connectivity index (χ4v) is 1.46. The van der Waals surface area contributed by atoms with Crippen molar-refractivity contribution in [1.82, 2.24) is 9.97 Å². The van der Waals surface area contributed by atoms with Gasteiger partial charge >= 0.3 is 0 Å². The summed E-state index contributed by atoms with van der Waals surface area (Å²) in [6.07, 6.45) is 3.96. The highest BCUT2D eigenvalue weighted by Gasteiger charge is 2.05. The van der Waals surface area contributed by atoms with Crippen molar-refractivity contribution < 1.29 is 13.9 Å². The predicted molar refractivity (Wildman–Crippen MR) is 64.0 cm³/mol. The van der Waals surface area contributed by atoms with Crippen LogP contribution < -0.4 is 9.47 Å². The number of aromatic nitrogens is 2. The molecule has 18 heavy (non-hydrogen) atoms. The fourth-order valence-electron chi connectivity index (χ4n) is 1.46. The molecular weight excluding hydrogens is 235 g/mol. The molecule has 0 aliphatic carbocycles. The molecule has 93 valence electrons. The van der Waals surface area contributed by atoms with E-state index in [1.807, 2.05) is 12.1 Å². The Morgan fingerprint density at radius 2 is 1.56 bits per heavy atom. The number of methoxy groups -OCH3 is 2. The molecule has 1 radical (unpaired) electrons. The summed E-state index contributed by atoms with van der Waals surface area (Å²) in [5, 5.41) is 0. The summed E-state index contributed by atoms with van der Waals surface area (Å²) in [7, 11) is 3.15. The van der Waals surface area contributed by atoms with E-state index in [-0.39, 0.29) is 0 Å². The van der Waals surface area contributed by atoms with Crippen molar-refractivity contribution in [3.8, 4) is 11.5 Å². The maximum Gasteiger partial charge on any atom is 0.159 e. The third-order valence-electron chi connectivity index (χ3n) is 2.31. The lowest BCUT2D eigenvalue weighted by molar-refractivity contribution is 0.394. The Balaban J connectivity index is 2.25. The highest BCUT2D eigenvalue weighted by molar-refractivity contribution is 5.43. The molecule has 0 aliphatic rings. The van der Waals surface area contributed by atoms with Crippen LogP contribution in [0.5, 0.6) is 11.5 Å². The van der Waals surface area contributed by atoms with Crippen molar-refractivity contribution in [2.45, 2.75) is 0 Å². The SMILES string of the molecule is COc1cc([CH]c2ncc(F)cn2)cc(OC)c1. The highest BCUT2D eigenvalue weighted by atomic mass is 19.1. The molecule has 0 fully saturated rings. The van der Waals surface area contributed by atoms with Gasteiger partial charge in [-0.3, -0.25) is 0 Å². The average Bonchev–Trinajstić information content (AvgIpc) is 2.41. The molecule has 0 saturated heterocycles. The smallest absolute Gasteiger partial charge is 0.159 e. The second-order valence-corrected chi connectivity index (χ2v) is 3.55. The summed E-state index contributed by atoms with van der Waals surface area (Å²) in [5.41, 5.74) is 0.817. The molecule has 0 N–H and O–H groups in total. The first-order valence-electron chi connectivity index (χ1n) is 5.26. The largest absolute Gasteiger partial charge is 0.497 e. The summed E-state index contributed by atoms with van der Waals surface area (Å²) in [4.78, 5) is 7.72. The van der Waals surface area contributed by atoms with Crippen LogP contribution in [-0.4, -0.2) is 24.2 Å². The summed E-state index contributed by atoms with van der Waals surface area (Å²) in [5.74, 6) is 1.30. The van der Waals surface area contributed by atoms with Crippen LogP contribution in [-0.2, 0) is 0 Å². The molecule has 2 aromatic rings. The number of halogens is 1. The molecule has 0 atom stereocenters. The minimum atomic E-state index is -0.463. The van der Waals surface area contributed by atoms with Crippen LogP contribution in [0.15, 0.2) is 30.6 Å². The van der Waals surface area contributed by atoms with E-state index in [2.05, 4.69) is 9.97 Å². The van der Waals surface area contributed by atoms with E-state index >= 15 is 0 Å². The van der Waals surface area contributed by atoms with Crippen molar-refractivity contribution in [2.75, 3.05) is 14.2 Å². The van der Waals surface area contributed by atoms with Gasteiger partial charge in [-0.2, -0.15) is 0 Å². The van der Waals surface area contributed by atoms with Gasteiger partial charge in [0.2, 0.25) is 0 Å². The number of hydrogen-bond donors (Lipinski definition) is 0. The first kappa shape index (κ1) is 12.3. The van der Waals surface area contributed by atoms with E-state index in [1.165, 1.54) is 0 Å². The molecule has 5 heteroatoms. The van der Waals surface area contributed by atoms with Gasteiger partial charge in [-0.25, -0.2) is 14.4 Å². The maximum atomic E-state index is 12.7. The van der Waals surface area contributed by atoms with Crippen molar-refractivity contribution in [3.63, 3.8) is 0 Å².